The van der Waals surface area contributed by atoms with E-state index in [1.807, 2.05) is 0 Å². The molecule has 2 nitrogen and oxygen atoms in total. The zero-order chi connectivity index (χ0) is 16.9. The Morgan fingerprint density at radius 3 is 1.95 bits per heavy atom. The van der Waals surface area contributed by atoms with Crippen molar-refractivity contribution in [1.29, 1.82) is 0 Å². The van der Waals surface area contributed by atoms with Crippen molar-refractivity contribution in [3.63, 3.8) is 0 Å². The third-order valence-electron chi connectivity index (χ3n) is 4.76. The molecule has 0 N–H and O–H groups in total. The lowest BCUT2D eigenvalue weighted by Gasteiger charge is -2.49. The number of benzene rings is 1. The number of para-hydroxylation sites is 1. The van der Waals surface area contributed by atoms with Gasteiger partial charge in [0.05, 0.1) is 0 Å². The first-order valence-electron chi connectivity index (χ1n) is 8.45. The van der Waals surface area contributed by atoms with E-state index in [1.54, 1.807) is 0 Å². The normalized spacial score (nSPS) is 20.0. The van der Waals surface area contributed by atoms with Crippen LogP contribution in [0.15, 0.2) is 18.2 Å². The van der Waals surface area contributed by atoms with Crippen molar-refractivity contribution in [3.8, 4) is 5.75 Å². The SMILES string of the molecule is CC(C)[Si]1(C(C)C)Oc2c(C(C)(C)C)cccc2[Si](C)(C)O1. The molecule has 2 rings (SSSR count). The Balaban J connectivity index is 2.71. The first-order valence-corrected chi connectivity index (χ1v) is 13.3. The van der Waals surface area contributed by atoms with Crippen LogP contribution in [-0.2, 0) is 9.53 Å². The van der Waals surface area contributed by atoms with E-state index in [-0.39, 0.29) is 5.41 Å². The van der Waals surface area contributed by atoms with Gasteiger partial charge in [0.25, 0.3) is 0 Å². The van der Waals surface area contributed by atoms with Crippen molar-refractivity contribution in [2.45, 2.75) is 78.1 Å². The first kappa shape index (κ1) is 17.8. The predicted molar refractivity (Wildman–Crippen MR) is 99.9 cm³/mol. The van der Waals surface area contributed by atoms with Crippen LogP contribution in [0.2, 0.25) is 24.2 Å². The van der Waals surface area contributed by atoms with E-state index in [2.05, 4.69) is 79.8 Å². The molecule has 1 aromatic carbocycles. The third kappa shape index (κ3) is 2.81. The van der Waals surface area contributed by atoms with Crippen LogP contribution in [0.4, 0.5) is 0 Å². The number of hydrogen-bond donors (Lipinski definition) is 0. The van der Waals surface area contributed by atoms with E-state index in [4.69, 9.17) is 8.54 Å². The Morgan fingerprint density at radius 1 is 0.955 bits per heavy atom. The second-order valence-corrected chi connectivity index (χ2v) is 17.0. The van der Waals surface area contributed by atoms with Crippen molar-refractivity contribution in [3.05, 3.63) is 23.8 Å². The molecule has 0 amide bonds. The molecule has 1 aromatic rings. The fourth-order valence-corrected chi connectivity index (χ4v) is 12.8. The molecule has 0 aliphatic carbocycles. The predicted octanol–water partition coefficient (Wildman–Crippen LogP) is 5.07. The zero-order valence-corrected chi connectivity index (χ0v) is 17.7. The number of rotatable bonds is 2. The molecular formula is C18H32O2Si2. The third-order valence-corrected chi connectivity index (χ3v) is 13.5. The van der Waals surface area contributed by atoms with Gasteiger partial charge in [-0.05, 0) is 24.1 Å². The van der Waals surface area contributed by atoms with Gasteiger partial charge in [-0.25, -0.2) is 0 Å². The zero-order valence-electron chi connectivity index (χ0n) is 15.7. The second kappa shape index (κ2) is 5.50. The molecule has 22 heavy (non-hydrogen) atoms. The van der Waals surface area contributed by atoms with Crippen LogP contribution in [-0.4, -0.2) is 16.9 Å². The van der Waals surface area contributed by atoms with Crippen molar-refractivity contribution in [2.24, 2.45) is 0 Å². The monoisotopic (exact) mass is 336 g/mol. The topological polar surface area (TPSA) is 18.5 Å². The highest BCUT2D eigenvalue weighted by Gasteiger charge is 2.55. The van der Waals surface area contributed by atoms with Crippen molar-refractivity contribution < 1.29 is 8.54 Å². The van der Waals surface area contributed by atoms with Crippen LogP contribution < -0.4 is 9.61 Å². The maximum absolute atomic E-state index is 6.83. The Hall–Kier alpha value is -0.586. The first-order chi connectivity index (χ1) is 9.92. The molecule has 1 aliphatic heterocycles. The summed E-state index contributed by atoms with van der Waals surface area (Å²) in [5.41, 5.74) is 2.30. The number of hydrogen-bond acceptors (Lipinski definition) is 2. The summed E-state index contributed by atoms with van der Waals surface area (Å²) in [6, 6.07) is 6.62. The molecule has 0 bridgehead atoms. The lowest BCUT2D eigenvalue weighted by atomic mass is 9.86. The standard InChI is InChI=1S/C18H32O2Si2/c1-13(2)22(14(3)4)19-17-15(18(5,6)7)11-10-12-16(17)21(8,9)20-22/h10-14H,1-9H3. The minimum absolute atomic E-state index is 0.0846. The van der Waals surface area contributed by atoms with Gasteiger partial charge in [-0.15, -0.1) is 0 Å². The number of fused-ring (bicyclic) bond motifs is 1. The summed E-state index contributed by atoms with van der Waals surface area (Å²) in [4.78, 5) is 0. The molecule has 0 fully saturated rings. The van der Waals surface area contributed by atoms with E-state index in [1.165, 1.54) is 10.8 Å². The van der Waals surface area contributed by atoms with Gasteiger partial charge in [-0.3, -0.25) is 0 Å². The highest BCUT2D eigenvalue weighted by molar-refractivity contribution is 6.94. The van der Waals surface area contributed by atoms with Crippen molar-refractivity contribution in [1.82, 2.24) is 0 Å². The molecule has 1 aliphatic rings. The molecule has 4 heteroatoms. The Bertz CT molecular complexity index is 534. The molecular weight excluding hydrogens is 304 g/mol. The molecule has 0 unspecified atom stereocenters. The highest BCUT2D eigenvalue weighted by Crippen LogP contribution is 2.44. The molecule has 0 aromatic heterocycles. The van der Waals surface area contributed by atoms with Crippen LogP contribution in [0.5, 0.6) is 5.75 Å². The van der Waals surface area contributed by atoms with E-state index in [0.717, 1.165) is 5.75 Å². The van der Waals surface area contributed by atoms with Crippen LogP contribution in [0.3, 0.4) is 0 Å². The van der Waals surface area contributed by atoms with Crippen LogP contribution >= 0.6 is 0 Å². The summed E-state index contributed by atoms with van der Waals surface area (Å²) in [6.45, 7) is 20.5. The van der Waals surface area contributed by atoms with Crippen LogP contribution in [0.1, 0.15) is 54.0 Å². The largest absolute Gasteiger partial charge is 0.520 e. The van der Waals surface area contributed by atoms with Gasteiger partial charge in [0.2, 0.25) is 8.32 Å². The van der Waals surface area contributed by atoms with Crippen LogP contribution in [0.25, 0.3) is 0 Å². The fraction of sp³-hybridized carbons (Fsp3) is 0.667. The highest BCUT2D eigenvalue weighted by atomic mass is 28.4. The van der Waals surface area contributed by atoms with Gasteiger partial charge < -0.3 is 8.54 Å². The lowest BCUT2D eigenvalue weighted by molar-refractivity contribution is 0.333. The van der Waals surface area contributed by atoms with E-state index >= 15 is 0 Å². The minimum atomic E-state index is -2.27. The maximum Gasteiger partial charge on any atom is 0.394 e. The molecule has 0 atom stereocenters. The van der Waals surface area contributed by atoms with Crippen LogP contribution in [0, 0.1) is 0 Å². The second-order valence-electron chi connectivity index (χ2n) is 8.68. The summed E-state index contributed by atoms with van der Waals surface area (Å²) < 4.78 is 13.6. The quantitative estimate of drug-likeness (QED) is 0.702. The van der Waals surface area contributed by atoms with Gasteiger partial charge in [-0.1, -0.05) is 66.7 Å². The molecule has 0 radical (unpaired) electrons. The van der Waals surface area contributed by atoms with Crippen molar-refractivity contribution in [2.75, 3.05) is 0 Å². The summed E-state index contributed by atoms with van der Waals surface area (Å²) in [5, 5.41) is 1.32. The van der Waals surface area contributed by atoms with E-state index < -0.39 is 16.9 Å². The smallest absolute Gasteiger partial charge is 0.394 e. The van der Waals surface area contributed by atoms with Gasteiger partial charge in [0.1, 0.15) is 5.75 Å². The van der Waals surface area contributed by atoms with Gasteiger partial charge in [0.15, 0.2) is 0 Å². The lowest BCUT2D eigenvalue weighted by Crippen LogP contribution is -2.66. The molecule has 0 saturated carbocycles. The summed E-state index contributed by atoms with van der Waals surface area (Å²) in [7, 11) is -4.22. The average Bonchev–Trinajstić information content (AvgIpc) is 2.35. The molecule has 124 valence electrons. The Labute approximate surface area is 138 Å². The van der Waals surface area contributed by atoms with Gasteiger partial charge >= 0.3 is 8.56 Å². The molecule has 1 heterocycles. The van der Waals surface area contributed by atoms with Gasteiger partial charge in [-0.2, -0.15) is 0 Å². The molecule has 0 spiro atoms. The molecule has 0 saturated heterocycles. The summed E-state index contributed by atoms with van der Waals surface area (Å²) >= 11 is 0. The van der Waals surface area contributed by atoms with E-state index in [0.29, 0.717) is 11.1 Å². The minimum Gasteiger partial charge on any atom is -0.520 e. The average molecular weight is 337 g/mol. The van der Waals surface area contributed by atoms with E-state index in [9.17, 15) is 0 Å². The van der Waals surface area contributed by atoms with Gasteiger partial charge in [0, 0.05) is 16.3 Å². The summed E-state index contributed by atoms with van der Waals surface area (Å²) in [5.74, 6) is 1.15. The Kier molecular flexibility index (Phi) is 4.44. The fourth-order valence-electron chi connectivity index (χ4n) is 3.48. The van der Waals surface area contributed by atoms with Crippen molar-refractivity contribution >= 4 is 22.1 Å². The Morgan fingerprint density at radius 2 is 1.50 bits per heavy atom. The maximum atomic E-state index is 6.83. The summed E-state index contributed by atoms with van der Waals surface area (Å²) in [6.07, 6.45) is 0.